The first-order valence-electron chi connectivity index (χ1n) is 6.09. The number of aldehydes is 1. The van der Waals surface area contributed by atoms with E-state index in [1.165, 1.54) is 13.2 Å². The lowest BCUT2D eigenvalue weighted by atomic mass is 10.1. The molecule has 0 saturated carbocycles. The monoisotopic (exact) mass is 302 g/mol. The maximum atomic E-state index is 10.5. The number of methoxy groups -OCH3 is 3. The number of hydrogen-bond acceptors (Lipinski definition) is 7. The Morgan fingerprint density at radius 3 is 2.10 bits per heavy atom. The van der Waals surface area contributed by atoms with Crippen molar-refractivity contribution in [3.05, 3.63) is 29.3 Å². The van der Waals surface area contributed by atoms with Crippen LogP contribution in [0.25, 0.3) is 0 Å². The summed E-state index contributed by atoms with van der Waals surface area (Å²) in [6.45, 7) is 1.16. The Kier molecular flexibility index (Phi) is 12.5. The molecule has 0 spiro atoms. The predicted octanol–water partition coefficient (Wildman–Crippen LogP) is 1.54. The molecule has 0 unspecified atom stereocenters. The summed E-state index contributed by atoms with van der Waals surface area (Å²) in [5, 5.41) is 9.21. The van der Waals surface area contributed by atoms with Gasteiger partial charge in [-0.3, -0.25) is 4.79 Å². The molecule has 21 heavy (non-hydrogen) atoms. The summed E-state index contributed by atoms with van der Waals surface area (Å²) in [5.74, 6) is -0.0181. The molecule has 0 aromatic heterocycles. The lowest BCUT2D eigenvalue weighted by molar-refractivity contribution is -0.107. The second-order valence-electron chi connectivity index (χ2n) is 3.78. The summed E-state index contributed by atoms with van der Waals surface area (Å²) in [6.07, 6.45) is 0.606. The molecule has 0 saturated heterocycles. The topological polar surface area (TPSA) is 83.5 Å². The van der Waals surface area contributed by atoms with Crippen molar-refractivity contribution >= 4 is 6.29 Å². The van der Waals surface area contributed by atoms with E-state index in [9.17, 15) is 9.90 Å². The van der Waals surface area contributed by atoms with Crippen LogP contribution < -0.4 is 0 Å². The lowest BCUT2D eigenvalue weighted by Gasteiger charge is -2.04. The van der Waals surface area contributed by atoms with Gasteiger partial charge in [0, 0.05) is 21.3 Å². The fourth-order valence-corrected chi connectivity index (χ4v) is 1.23. The first-order chi connectivity index (χ1) is 10.2. The minimum Gasteiger partial charge on any atom is -0.507 e. The maximum Gasteiger partial charge on any atom is 0.153 e. The first-order valence-corrected chi connectivity index (χ1v) is 6.09. The van der Waals surface area contributed by atoms with Crippen LogP contribution in [0.1, 0.15) is 15.9 Å². The standard InChI is InChI=1S/C10H12O4.C4H10O3/c1-13-7-14-6-8-2-3-10(12)9(4-8)5-11;1-5-3-7-4-6-2/h2-5,12H,6-7H2,1H3;3-4H2,1-2H3. The van der Waals surface area contributed by atoms with Gasteiger partial charge >= 0.3 is 0 Å². The zero-order valence-corrected chi connectivity index (χ0v) is 12.5. The van der Waals surface area contributed by atoms with Crippen LogP contribution in [-0.2, 0) is 30.3 Å². The zero-order chi connectivity index (χ0) is 15.9. The number of carbonyl (C=O) groups is 1. The Morgan fingerprint density at radius 2 is 1.57 bits per heavy atom. The summed E-state index contributed by atoms with van der Waals surface area (Å²) < 4.78 is 23.6. The first kappa shape index (κ1) is 19.5. The van der Waals surface area contributed by atoms with Crippen LogP contribution in [0.3, 0.4) is 0 Å². The number of carbonyl (C=O) groups excluding carboxylic acids is 1. The van der Waals surface area contributed by atoms with Crippen LogP contribution in [0.5, 0.6) is 5.75 Å². The van der Waals surface area contributed by atoms with Gasteiger partial charge in [-0.25, -0.2) is 0 Å². The van der Waals surface area contributed by atoms with E-state index < -0.39 is 0 Å². The summed E-state index contributed by atoms with van der Waals surface area (Å²) in [5.41, 5.74) is 1.09. The van der Waals surface area contributed by atoms with E-state index >= 15 is 0 Å². The molecule has 0 amide bonds. The maximum absolute atomic E-state index is 10.5. The number of ether oxygens (including phenoxy) is 5. The molecule has 0 radical (unpaired) electrons. The van der Waals surface area contributed by atoms with E-state index in [0.29, 0.717) is 26.5 Å². The molecule has 7 heteroatoms. The van der Waals surface area contributed by atoms with Gasteiger partial charge in [0.25, 0.3) is 0 Å². The number of aromatic hydroxyl groups is 1. The van der Waals surface area contributed by atoms with Gasteiger partial charge in [-0.2, -0.15) is 0 Å². The van der Waals surface area contributed by atoms with Gasteiger partial charge in [-0.15, -0.1) is 0 Å². The quantitative estimate of drug-likeness (QED) is 0.421. The summed E-state index contributed by atoms with van der Waals surface area (Å²) in [4.78, 5) is 10.5. The highest BCUT2D eigenvalue weighted by Gasteiger charge is 2.01. The van der Waals surface area contributed by atoms with Crippen molar-refractivity contribution < 1.29 is 33.6 Å². The van der Waals surface area contributed by atoms with Crippen LogP contribution in [0.4, 0.5) is 0 Å². The molecule has 0 aliphatic heterocycles. The van der Waals surface area contributed by atoms with E-state index in [-0.39, 0.29) is 18.1 Å². The predicted molar refractivity (Wildman–Crippen MR) is 75.0 cm³/mol. The molecular formula is C14H22O7. The van der Waals surface area contributed by atoms with Gasteiger partial charge in [0.05, 0.1) is 12.2 Å². The summed E-state index contributed by atoms with van der Waals surface area (Å²) in [7, 11) is 4.67. The summed E-state index contributed by atoms with van der Waals surface area (Å²) in [6, 6.07) is 4.74. The van der Waals surface area contributed by atoms with Crippen molar-refractivity contribution in [2.24, 2.45) is 0 Å². The molecule has 120 valence electrons. The van der Waals surface area contributed by atoms with Gasteiger partial charge in [-0.1, -0.05) is 6.07 Å². The fraction of sp³-hybridized carbons (Fsp3) is 0.500. The van der Waals surface area contributed by atoms with Gasteiger partial charge < -0.3 is 28.8 Å². The largest absolute Gasteiger partial charge is 0.507 e. The molecule has 1 aromatic carbocycles. The van der Waals surface area contributed by atoms with Crippen molar-refractivity contribution in [2.75, 3.05) is 41.7 Å². The lowest BCUT2D eigenvalue weighted by Crippen LogP contribution is -1.98. The number of phenolic OH excluding ortho intramolecular Hbond substituents is 1. The Bertz CT molecular complexity index is 378. The second kappa shape index (κ2) is 13.5. The third-order valence-electron chi connectivity index (χ3n) is 2.09. The smallest absolute Gasteiger partial charge is 0.153 e. The molecular weight excluding hydrogens is 280 g/mol. The minimum absolute atomic E-state index is 0.0181. The third-order valence-corrected chi connectivity index (χ3v) is 2.09. The normalized spacial score (nSPS) is 9.86. The van der Waals surface area contributed by atoms with E-state index in [1.807, 2.05) is 0 Å². The van der Waals surface area contributed by atoms with Crippen LogP contribution in [0.15, 0.2) is 18.2 Å². The van der Waals surface area contributed by atoms with E-state index in [1.54, 1.807) is 26.4 Å². The van der Waals surface area contributed by atoms with Crippen molar-refractivity contribution in [1.29, 1.82) is 0 Å². The van der Waals surface area contributed by atoms with Crippen LogP contribution in [-0.4, -0.2) is 53.1 Å². The molecule has 0 bridgehead atoms. The van der Waals surface area contributed by atoms with E-state index in [0.717, 1.165) is 5.56 Å². The molecule has 0 atom stereocenters. The van der Waals surface area contributed by atoms with E-state index in [4.69, 9.17) is 9.47 Å². The third kappa shape index (κ3) is 9.94. The Balaban J connectivity index is 0.000000486. The molecule has 1 rings (SSSR count). The molecule has 0 aliphatic carbocycles. The number of rotatable bonds is 9. The summed E-state index contributed by atoms with van der Waals surface area (Å²) >= 11 is 0. The number of hydrogen-bond donors (Lipinski definition) is 1. The SMILES string of the molecule is COCOCOC.COCOCc1ccc(O)c(C=O)c1. The molecule has 1 aromatic rings. The molecule has 7 nitrogen and oxygen atoms in total. The average molecular weight is 302 g/mol. The molecule has 0 fully saturated rings. The molecule has 0 heterocycles. The number of phenols is 1. The molecule has 0 aliphatic rings. The van der Waals surface area contributed by atoms with Gasteiger partial charge in [0.2, 0.25) is 0 Å². The second-order valence-corrected chi connectivity index (χ2v) is 3.78. The highest BCUT2D eigenvalue weighted by atomic mass is 16.7. The van der Waals surface area contributed by atoms with Gasteiger partial charge in [-0.05, 0) is 17.7 Å². The van der Waals surface area contributed by atoms with Crippen molar-refractivity contribution in [1.82, 2.24) is 0 Å². The number of benzene rings is 1. The fourth-order valence-electron chi connectivity index (χ4n) is 1.23. The Hall–Kier alpha value is -1.51. The Labute approximate surface area is 124 Å². The van der Waals surface area contributed by atoms with Crippen LogP contribution >= 0.6 is 0 Å². The Morgan fingerprint density at radius 1 is 1.00 bits per heavy atom. The van der Waals surface area contributed by atoms with Crippen molar-refractivity contribution in [3.63, 3.8) is 0 Å². The van der Waals surface area contributed by atoms with Crippen LogP contribution in [0, 0.1) is 0 Å². The highest BCUT2D eigenvalue weighted by molar-refractivity contribution is 5.79. The zero-order valence-electron chi connectivity index (χ0n) is 12.5. The van der Waals surface area contributed by atoms with Crippen LogP contribution in [0.2, 0.25) is 0 Å². The van der Waals surface area contributed by atoms with Gasteiger partial charge in [0.15, 0.2) is 6.29 Å². The van der Waals surface area contributed by atoms with E-state index in [2.05, 4.69) is 14.2 Å². The van der Waals surface area contributed by atoms with Gasteiger partial charge in [0.1, 0.15) is 26.1 Å². The van der Waals surface area contributed by atoms with Crippen molar-refractivity contribution in [2.45, 2.75) is 6.61 Å². The highest BCUT2D eigenvalue weighted by Crippen LogP contribution is 2.16. The average Bonchev–Trinajstić information content (AvgIpc) is 2.50. The minimum atomic E-state index is -0.0181. The van der Waals surface area contributed by atoms with Crippen molar-refractivity contribution in [3.8, 4) is 5.75 Å². The molecule has 1 N–H and O–H groups in total.